The van der Waals surface area contributed by atoms with Crippen molar-refractivity contribution in [3.8, 4) is 5.75 Å². The summed E-state index contributed by atoms with van der Waals surface area (Å²) in [6, 6.07) is 8.02. The van der Waals surface area contributed by atoms with Crippen LogP contribution in [0.2, 0.25) is 0 Å². The lowest BCUT2D eigenvalue weighted by atomic mass is 9.95. The third kappa shape index (κ3) is 3.97. The van der Waals surface area contributed by atoms with Crippen molar-refractivity contribution in [1.29, 1.82) is 0 Å². The highest BCUT2D eigenvalue weighted by molar-refractivity contribution is 6.08. The number of ether oxygens (including phenoxy) is 1. The lowest BCUT2D eigenvalue weighted by Crippen LogP contribution is -2.52. The number of hydrogen-bond acceptors (Lipinski definition) is 8. The Morgan fingerprint density at radius 1 is 1.21 bits per heavy atom. The lowest BCUT2D eigenvalue weighted by Gasteiger charge is -2.39. The molecular weight excluding hydrogens is 507 g/mol. The van der Waals surface area contributed by atoms with Crippen LogP contribution in [0.15, 0.2) is 34.7 Å². The van der Waals surface area contributed by atoms with Gasteiger partial charge in [-0.25, -0.2) is 14.2 Å². The number of hydrogen-bond donors (Lipinski definition) is 2. The molecule has 3 aliphatic heterocycles. The summed E-state index contributed by atoms with van der Waals surface area (Å²) in [5.41, 5.74) is -0.395. The summed E-state index contributed by atoms with van der Waals surface area (Å²) in [4.78, 5) is 49.5. The SMILES string of the molecule is CCN1CCN(c2ccc3oc(C4(CN5Cc6ccc(OC)c(F)c6C5=O)NC(=O)NC4=O)cc3n2)CC1C. The molecular formula is C27H29FN6O5. The molecule has 3 aliphatic rings. The molecule has 2 unspecified atom stereocenters. The number of benzene rings is 1. The van der Waals surface area contributed by atoms with E-state index >= 15 is 0 Å². The second-order valence-electron chi connectivity index (χ2n) is 10.2. The zero-order valence-electron chi connectivity index (χ0n) is 21.9. The van der Waals surface area contributed by atoms with Crippen LogP contribution in [0.1, 0.15) is 35.5 Å². The number of furan rings is 1. The van der Waals surface area contributed by atoms with Gasteiger partial charge < -0.3 is 24.3 Å². The van der Waals surface area contributed by atoms with E-state index < -0.39 is 29.2 Å². The Morgan fingerprint density at radius 3 is 2.72 bits per heavy atom. The van der Waals surface area contributed by atoms with Gasteiger partial charge in [0.15, 0.2) is 22.7 Å². The topological polar surface area (TPSA) is 120 Å². The van der Waals surface area contributed by atoms with E-state index in [1.165, 1.54) is 18.1 Å². The molecule has 0 spiro atoms. The third-order valence-corrected chi connectivity index (χ3v) is 7.92. The number of rotatable bonds is 6. The molecule has 12 heteroatoms. The van der Waals surface area contributed by atoms with Gasteiger partial charge >= 0.3 is 6.03 Å². The van der Waals surface area contributed by atoms with Gasteiger partial charge in [0.25, 0.3) is 11.8 Å². The average Bonchev–Trinajstić information content (AvgIpc) is 3.57. The lowest BCUT2D eigenvalue weighted by molar-refractivity contribution is -0.125. The van der Waals surface area contributed by atoms with Crippen molar-refractivity contribution in [2.75, 3.05) is 44.7 Å². The van der Waals surface area contributed by atoms with Gasteiger partial charge in [-0.15, -0.1) is 0 Å². The first kappa shape index (κ1) is 25.1. The fourth-order valence-electron chi connectivity index (χ4n) is 5.79. The predicted molar refractivity (Wildman–Crippen MR) is 139 cm³/mol. The first-order valence-electron chi connectivity index (χ1n) is 12.9. The van der Waals surface area contributed by atoms with Crippen molar-refractivity contribution < 1.29 is 27.9 Å². The first-order chi connectivity index (χ1) is 18.7. The molecule has 2 saturated heterocycles. The number of piperazine rings is 1. The highest BCUT2D eigenvalue weighted by Crippen LogP contribution is 2.36. The number of pyridine rings is 1. The number of carbonyl (C=O) groups is 3. The molecule has 5 heterocycles. The number of imide groups is 1. The summed E-state index contributed by atoms with van der Waals surface area (Å²) in [5.74, 6) is -1.15. The molecule has 0 saturated carbocycles. The zero-order valence-corrected chi connectivity index (χ0v) is 21.9. The molecule has 2 atom stereocenters. The van der Waals surface area contributed by atoms with E-state index in [0.29, 0.717) is 22.7 Å². The number of likely N-dealkylation sites (N-methyl/N-ethyl adjacent to an activating group) is 1. The van der Waals surface area contributed by atoms with Gasteiger partial charge in [-0.2, -0.15) is 0 Å². The van der Waals surface area contributed by atoms with Gasteiger partial charge in [0.1, 0.15) is 17.1 Å². The number of fused-ring (bicyclic) bond motifs is 2. The van der Waals surface area contributed by atoms with E-state index in [1.807, 2.05) is 6.07 Å². The van der Waals surface area contributed by atoms with Crippen molar-refractivity contribution in [2.24, 2.45) is 0 Å². The fraction of sp³-hybridized carbons (Fsp3) is 0.407. The average molecular weight is 537 g/mol. The van der Waals surface area contributed by atoms with Crippen molar-refractivity contribution in [3.05, 3.63) is 53.0 Å². The van der Waals surface area contributed by atoms with Gasteiger partial charge in [-0.3, -0.25) is 19.8 Å². The second kappa shape index (κ2) is 9.23. The maximum absolute atomic E-state index is 14.9. The van der Waals surface area contributed by atoms with E-state index in [9.17, 15) is 18.8 Å². The molecule has 204 valence electrons. The number of nitrogens with zero attached hydrogens (tertiary/aromatic N) is 4. The van der Waals surface area contributed by atoms with Gasteiger partial charge in [-0.05, 0) is 37.2 Å². The number of nitrogens with one attached hydrogen (secondary N) is 2. The number of aromatic nitrogens is 1. The molecule has 0 radical (unpaired) electrons. The van der Waals surface area contributed by atoms with Crippen molar-refractivity contribution >= 4 is 34.8 Å². The number of amides is 4. The molecule has 4 amide bonds. The molecule has 0 bridgehead atoms. The largest absolute Gasteiger partial charge is 0.494 e. The minimum atomic E-state index is -1.71. The summed E-state index contributed by atoms with van der Waals surface area (Å²) in [7, 11) is 1.32. The summed E-state index contributed by atoms with van der Waals surface area (Å²) in [5, 5.41) is 4.90. The fourth-order valence-corrected chi connectivity index (χ4v) is 5.79. The zero-order chi connectivity index (χ0) is 27.5. The van der Waals surface area contributed by atoms with Gasteiger partial charge in [0, 0.05) is 38.3 Å². The Kier molecular flexibility index (Phi) is 5.94. The number of methoxy groups -OCH3 is 1. The standard InChI is InChI=1S/C27H29FN6O5/c1-4-32-9-10-33(12-15(32)2)21-8-7-18-17(29-21)11-20(39-18)27(25(36)30-26(37)31-27)14-34-13-16-5-6-19(38-3)23(28)22(16)24(34)35/h5-8,11,15H,4,9-10,12-14H2,1-3H3,(H2,30,31,36,37). The van der Waals surface area contributed by atoms with E-state index in [1.54, 1.807) is 18.2 Å². The Bertz CT molecular complexity index is 1510. The van der Waals surface area contributed by atoms with Crippen LogP contribution in [0.5, 0.6) is 5.75 Å². The van der Waals surface area contributed by atoms with Crippen LogP contribution in [0.3, 0.4) is 0 Å². The maximum Gasteiger partial charge on any atom is 0.322 e. The van der Waals surface area contributed by atoms with Gasteiger partial charge in [0.05, 0.1) is 19.2 Å². The number of halogens is 1. The second-order valence-corrected chi connectivity index (χ2v) is 10.2. The molecule has 3 aromatic rings. The van der Waals surface area contributed by atoms with Crippen LogP contribution < -0.4 is 20.3 Å². The van der Waals surface area contributed by atoms with Crippen LogP contribution in [0.4, 0.5) is 15.0 Å². The monoisotopic (exact) mass is 536 g/mol. The number of anilines is 1. The maximum atomic E-state index is 14.9. The summed E-state index contributed by atoms with van der Waals surface area (Å²) < 4.78 is 26.0. The molecule has 11 nitrogen and oxygen atoms in total. The van der Waals surface area contributed by atoms with Crippen LogP contribution in [-0.4, -0.2) is 78.5 Å². The Hall–Kier alpha value is -4.19. The molecule has 2 N–H and O–H groups in total. The first-order valence-corrected chi connectivity index (χ1v) is 12.9. The Labute approximate surface area is 223 Å². The number of urea groups is 1. The quantitative estimate of drug-likeness (QED) is 0.460. The summed E-state index contributed by atoms with van der Waals surface area (Å²) >= 11 is 0. The molecule has 6 rings (SSSR count). The van der Waals surface area contributed by atoms with E-state index in [4.69, 9.17) is 14.1 Å². The molecule has 39 heavy (non-hydrogen) atoms. The van der Waals surface area contributed by atoms with Crippen molar-refractivity contribution in [3.63, 3.8) is 0 Å². The van der Waals surface area contributed by atoms with Gasteiger partial charge in [0.2, 0.25) is 0 Å². The summed E-state index contributed by atoms with van der Waals surface area (Å²) in [6.45, 7) is 7.73. The van der Waals surface area contributed by atoms with Crippen molar-refractivity contribution in [2.45, 2.75) is 32.0 Å². The Morgan fingerprint density at radius 2 is 2.03 bits per heavy atom. The minimum absolute atomic E-state index is 0.0461. The van der Waals surface area contributed by atoms with Crippen LogP contribution in [0, 0.1) is 5.82 Å². The summed E-state index contributed by atoms with van der Waals surface area (Å²) in [6.07, 6.45) is 0. The molecule has 1 aromatic carbocycles. The minimum Gasteiger partial charge on any atom is -0.494 e. The Balaban J connectivity index is 1.32. The third-order valence-electron chi connectivity index (χ3n) is 7.92. The van der Waals surface area contributed by atoms with Crippen LogP contribution in [0.25, 0.3) is 11.1 Å². The molecule has 2 fully saturated rings. The van der Waals surface area contributed by atoms with Gasteiger partial charge in [-0.1, -0.05) is 13.0 Å². The highest BCUT2D eigenvalue weighted by Gasteiger charge is 2.53. The molecule has 0 aliphatic carbocycles. The van der Waals surface area contributed by atoms with E-state index in [-0.39, 0.29) is 30.2 Å². The van der Waals surface area contributed by atoms with Crippen LogP contribution in [-0.2, 0) is 16.9 Å². The highest BCUT2D eigenvalue weighted by atomic mass is 19.1. The van der Waals surface area contributed by atoms with Crippen LogP contribution >= 0.6 is 0 Å². The van der Waals surface area contributed by atoms with E-state index in [0.717, 1.165) is 32.0 Å². The predicted octanol–water partition coefficient (Wildman–Crippen LogP) is 2.20. The normalized spacial score (nSPS) is 23.4. The van der Waals surface area contributed by atoms with E-state index in [2.05, 4.69) is 34.3 Å². The smallest absolute Gasteiger partial charge is 0.322 e. The van der Waals surface area contributed by atoms with Crippen molar-refractivity contribution in [1.82, 2.24) is 25.4 Å². The number of carbonyl (C=O) groups excluding carboxylic acids is 3. The molecule has 2 aromatic heterocycles.